The molecule has 0 aliphatic carbocycles. The lowest BCUT2D eigenvalue weighted by Gasteiger charge is -2.34. The summed E-state index contributed by atoms with van der Waals surface area (Å²) in [5, 5.41) is 0. The number of likely N-dealkylation sites (tertiary alicyclic amines) is 1. The van der Waals surface area contributed by atoms with Crippen molar-refractivity contribution in [2.45, 2.75) is 37.6 Å². The fraction of sp³-hybridized carbons (Fsp3) is 0.647. The SMILES string of the molecule is COc1cc(F)c(S(=O)(=O)NCC(C)N2CCC(C)CC2)cc1OC. The third-order valence-electron chi connectivity index (χ3n) is 4.74. The Bertz CT molecular complexity index is 688. The number of methoxy groups -OCH3 is 2. The van der Waals surface area contributed by atoms with Gasteiger partial charge in [-0.05, 0) is 38.8 Å². The van der Waals surface area contributed by atoms with Crippen molar-refractivity contribution < 1.29 is 22.3 Å². The Morgan fingerprint density at radius 3 is 2.36 bits per heavy atom. The summed E-state index contributed by atoms with van der Waals surface area (Å²) in [7, 11) is -1.24. The zero-order valence-corrected chi connectivity index (χ0v) is 16.0. The summed E-state index contributed by atoms with van der Waals surface area (Å²) in [5.74, 6) is 0.155. The lowest BCUT2D eigenvalue weighted by molar-refractivity contribution is 0.148. The van der Waals surface area contributed by atoms with Gasteiger partial charge < -0.3 is 9.47 Å². The smallest absolute Gasteiger partial charge is 0.243 e. The van der Waals surface area contributed by atoms with Crippen LogP contribution in [0, 0.1) is 11.7 Å². The molecule has 1 aliphatic heterocycles. The van der Waals surface area contributed by atoms with Crippen LogP contribution in [-0.2, 0) is 10.0 Å². The first kappa shape index (κ1) is 19.9. The molecule has 1 aromatic carbocycles. The maximum atomic E-state index is 14.2. The van der Waals surface area contributed by atoms with E-state index in [9.17, 15) is 12.8 Å². The average Bonchev–Trinajstić information content (AvgIpc) is 2.59. The van der Waals surface area contributed by atoms with E-state index in [0.717, 1.165) is 38.1 Å². The highest BCUT2D eigenvalue weighted by molar-refractivity contribution is 7.89. The van der Waals surface area contributed by atoms with E-state index in [-0.39, 0.29) is 24.1 Å². The van der Waals surface area contributed by atoms with Gasteiger partial charge in [-0.15, -0.1) is 0 Å². The number of hydrogen-bond acceptors (Lipinski definition) is 5. The van der Waals surface area contributed by atoms with E-state index in [2.05, 4.69) is 16.5 Å². The Morgan fingerprint density at radius 2 is 1.80 bits per heavy atom. The first-order chi connectivity index (χ1) is 11.8. The van der Waals surface area contributed by atoms with Crippen molar-refractivity contribution in [1.82, 2.24) is 9.62 Å². The highest BCUT2D eigenvalue weighted by Crippen LogP contribution is 2.31. The van der Waals surface area contributed by atoms with E-state index in [1.165, 1.54) is 14.2 Å². The highest BCUT2D eigenvalue weighted by atomic mass is 32.2. The van der Waals surface area contributed by atoms with E-state index in [1.807, 2.05) is 6.92 Å². The molecule has 1 aliphatic rings. The maximum absolute atomic E-state index is 14.2. The van der Waals surface area contributed by atoms with Crippen LogP contribution >= 0.6 is 0 Å². The minimum Gasteiger partial charge on any atom is -0.493 e. The predicted octanol–water partition coefficient (Wildman–Crippen LogP) is 2.24. The van der Waals surface area contributed by atoms with Crippen LogP contribution in [-0.4, -0.2) is 53.2 Å². The molecule has 1 aromatic rings. The first-order valence-corrected chi connectivity index (χ1v) is 9.92. The zero-order valence-electron chi connectivity index (χ0n) is 15.2. The van der Waals surface area contributed by atoms with E-state index >= 15 is 0 Å². The third kappa shape index (κ3) is 4.83. The second-order valence-electron chi connectivity index (χ2n) is 6.56. The lowest BCUT2D eigenvalue weighted by atomic mass is 9.98. The number of rotatable bonds is 7. The van der Waals surface area contributed by atoms with Crippen molar-refractivity contribution in [2.24, 2.45) is 5.92 Å². The largest absolute Gasteiger partial charge is 0.493 e. The van der Waals surface area contributed by atoms with Crippen LogP contribution < -0.4 is 14.2 Å². The number of ether oxygens (including phenoxy) is 2. The van der Waals surface area contributed by atoms with Crippen LogP contribution in [0.5, 0.6) is 11.5 Å². The molecule has 1 N–H and O–H groups in total. The molecule has 1 heterocycles. The lowest BCUT2D eigenvalue weighted by Crippen LogP contribution is -2.45. The van der Waals surface area contributed by atoms with Gasteiger partial charge >= 0.3 is 0 Å². The number of nitrogens with one attached hydrogen (secondary N) is 1. The van der Waals surface area contributed by atoms with Crippen LogP contribution in [0.2, 0.25) is 0 Å². The van der Waals surface area contributed by atoms with Crippen molar-refractivity contribution in [2.75, 3.05) is 33.9 Å². The molecule has 0 spiro atoms. The van der Waals surface area contributed by atoms with Gasteiger partial charge in [0.1, 0.15) is 10.7 Å². The van der Waals surface area contributed by atoms with Crippen molar-refractivity contribution in [1.29, 1.82) is 0 Å². The van der Waals surface area contributed by atoms with Crippen LogP contribution in [0.1, 0.15) is 26.7 Å². The van der Waals surface area contributed by atoms with Gasteiger partial charge in [0.05, 0.1) is 14.2 Å². The Morgan fingerprint density at radius 1 is 1.24 bits per heavy atom. The molecule has 1 saturated heterocycles. The minimum atomic E-state index is -3.98. The number of hydrogen-bond donors (Lipinski definition) is 1. The van der Waals surface area contributed by atoms with Crippen LogP contribution in [0.3, 0.4) is 0 Å². The molecule has 1 atom stereocenters. The summed E-state index contributed by atoms with van der Waals surface area (Å²) >= 11 is 0. The molecular weight excluding hydrogens is 347 g/mol. The van der Waals surface area contributed by atoms with Gasteiger partial charge in [-0.3, -0.25) is 4.90 Å². The van der Waals surface area contributed by atoms with Gasteiger partial charge in [-0.25, -0.2) is 17.5 Å². The van der Waals surface area contributed by atoms with E-state index in [1.54, 1.807) is 0 Å². The van der Waals surface area contributed by atoms with Crippen LogP contribution in [0.4, 0.5) is 4.39 Å². The third-order valence-corrected chi connectivity index (χ3v) is 6.18. The van der Waals surface area contributed by atoms with Gasteiger partial charge in [0.2, 0.25) is 10.0 Å². The quantitative estimate of drug-likeness (QED) is 0.793. The Balaban J connectivity index is 2.08. The number of halogens is 1. The zero-order chi connectivity index (χ0) is 18.6. The van der Waals surface area contributed by atoms with Gasteiger partial charge in [-0.1, -0.05) is 6.92 Å². The molecule has 0 radical (unpaired) electrons. The molecule has 0 saturated carbocycles. The predicted molar refractivity (Wildman–Crippen MR) is 94.1 cm³/mol. The molecule has 1 unspecified atom stereocenters. The van der Waals surface area contributed by atoms with E-state index in [0.29, 0.717) is 5.92 Å². The van der Waals surface area contributed by atoms with Crippen molar-refractivity contribution in [3.05, 3.63) is 17.9 Å². The fourth-order valence-corrected chi connectivity index (χ4v) is 4.14. The van der Waals surface area contributed by atoms with Crippen LogP contribution in [0.25, 0.3) is 0 Å². The summed E-state index contributed by atoms with van der Waals surface area (Å²) in [6.07, 6.45) is 2.22. The number of sulfonamides is 1. The topological polar surface area (TPSA) is 67.9 Å². The number of benzene rings is 1. The average molecular weight is 374 g/mol. The normalized spacial score (nSPS) is 18.1. The second kappa shape index (κ2) is 8.33. The molecule has 142 valence electrons. The van der Waals surface area contributed by atoms with Gasteiger partial charge in [-0.2, -0.15) is 0 Å². The molecule has 6 nitrogen and oxygen atoms in total. The number of piperidine rings is 1. The summed E-state index contributed by atoms with van der Waals surface area (Å²) < 4.78 is 51.8. The van der Waals surface area contributed by atoms with E-state index in [4.69, 9.17) is 9.47 Å². The maximum Gasteiger partial charge on any atom is 0.243 e. The molecule has 0 bridgehead atoms. The van der Waals surface area contributed by atoms with Crippen molar-refractivity contribution >= 4 is 10.0 Å². The summed E-state index contributed by atoms with van der Waals surface area (Å²) in [4.78, 5) is 1.82. The van der Waals surface area contributed by atoms with Gasteiger partial charge in [0, 0.05) is 24.7 Å². The molecule has 0 aromatic heterocycles. The monoisotopic (exact) mass is 374 g/mol. The van der Waals surface area contributed by atoms with Gasteiger partial charge in [0.25, 0.3) is 0 Å². The Kier molecular flexibility index (Phi) is 6.65. The summed E-state index contributed by atoms with van der Waals surface area (Å²) in [6, 6.07) is 2.21. The second-order valence-corrected chi connectivity index (χ2v) is 8.29. The summed E-state index contributed by atoms with van der Waals surface area (Å²) in [5.41, 5.74) is 0. The summed E-state index contributed by atoms with van der Waals surface area (Å²) in [6.45, 7) is 6.34. The van der Waals surface area contributed by atoms with Crippen molar-refractivity contribution in [3.63, 3.8) is 0 Å². The Labute approximate surface area is 149 Å². The Hall–Kier alpha value is -1.38. The molecule has 0 amide bonds. The standard InChI is InChI=1S/C17H27FN2O4S/c1-12-5-7-20(8-6-12)13(2)11-19-25(21,22)17-10-16(24-4)15(23-3)9-14(17)18/h9-10,12-13,19H,5-8,11H2,1-4H3. The molecule has 8 heteroatoms. The van der Waals surface area contributed by atoms with Crippen molar-refractivity contribution in [3.8, 4) is 11.5 Å². The van der Waals surface area contributed by atoms with E-state index < -0.39 is 20.7 Å². The first-order valence-electron chi connectivity index (χ1n) is 8.43. The molecule has 1 fully saturated rings. The van der Waals surface area contributed by atoms with Crippen LogP contribution in [0.15, 0.2) is 17.0 Å². The minimum absolute atomic E-state index is 0.0467. The number of nitrogens with zero attached hydrogens (tertiary/aromatic N) is 1. The molecular formula is C17H27FN2O4S. The fourth-order valence-electron chi connectivity index (χ4n) is 2.95. The molecule has 2 rings (SSSR count). The molecule has 25 heavy (non-hydrogen) atoms. The highest BCUT2D eigenvalue weighted by Gasteiger charge is 2.25. The van der Waals surface area contributed by atoms with Gasteiger partial charge in [0.15, 0.2) is 11.5 Å².